The molecule has 3 amide bonds. The lowest BCUT2D eigenvalue weighted by molar-refractivity contribution is -0.159. The van der Waals surface area contributed by atoms with E-state index in [1.807, 2.05) is 54.7 Å². The normalized spacial score (nSPS) is 25.7. The molecule has 4 N–H and O–H groups in total. The summed E-state index contributed by atoms with van der Waals surface area (Å²) in [4.78, 5) is 41.5. The van der Waals surface area contributed by atoms with Crippen LogP contribution in [0.4, 0.5) is 5.82 Å². The molecule has 2 atom stereocenters. The molecular formula is C33H38N6O4. The van der Waals surface area contributed by atoms with Crippen LogP contribution in [0.2, 0.25) is 0 Å². The van der Waals surface area contributed by atoms with Gasteiger partial charge in [0.15, 0.2) is 0 Å². The highest BCUT2D eigenvalue weighted by atomic mass is 16.3. The fraction of sp³-hybridized carbons (Fsp3) is 0.455. The van der Waals surface area contributed by atoms with Crippen LogP contribution < -0.4 is 11.1 Å². The van der Waals surface area contributed by atoms with E-state index in [0.29, 0.717) is 43.9 Å². The van der Waals surface area contributed by atoms with Gasteiger partial charge in [-0.2, -0.15) is 5.10 Å². The van der Waals surface area contributed by atoms with E-state index in [2.05, 4.69) is 15.3 Å². The summed E-state index contributed by atoms with van der Waals surface area (Å²) in [6.07, 6.45) is 8.12. The standard InChI is InChI=1S/C33H38N6O4/c34-29-23(18-35-39(29)25-7-3-1-4-8-25)19-37-16-15-33(43,32(21-37)13-5-2-6-14-32)24-9-10-26-22(17-24)20-38(31(26)42)27-11-12-28(40)36-30(27)41/h1,3-4,7-10,17-18,27,43H,2,5-6,11-16,19-21,34H2,(H,36,40,41). The molecule has 2 saturated heterocycles. The molecule has 10 heteroatoms. The first kappa shape index (κ1) is 27.8. The van der Waals surface area contributed by atoms with Crippen LogP contribution in [0.25, 0.3) is 5.69 Å². The SMILES string of the molecule is Nc1c(CN2CCC(O)(c3ccc4c(c3)CN(C3CCC(=O)NC3=O)C4=O)C3(CCCCC3)C2)cnn1-c1ccccc1. The Balaban J connectivity index is 1.14. The number of para-hydroxylation sites is 1. The number of benzene rings is 2. The van der Waals surface area contributed by atoms with Crippen molar-refractivity contribution < 1.29 is 19.5 Å². The molecule has 1 aliphatic carbocycles. The number of piperidine rings is 2. The van der Waals surface area contributed by atoms with Gasteiger partial charge in [0.05, 0.1) is 17.5 Å². The summed E-state index contributed by atoms with van der Waals surface area (Å²) >= 11 is 0. The Kier molecular flexibility index (Phi) is 6.85. The van der Waals surface area contributed by atoms with Crippen molar-refractivity contribution in [2.45, 2.75) is 76.1 Å². The van der Waals surface area contributed by atoms with Crippen molar-refractivity contribution >= 4 is 23.5 Å². The Morgan fingerprint density at radius 2 is 1.81 bits per heavy atom. The van der Waals surface area contributed by atoms with Crippen molar-refractivity contribution in [1.82, 2.24) is 24.9 Å². The number of hydrogen-bond acceptors (Lipinski definition) is 7. The van der Waals surface area contributed by atoms with Crippen molar-refractivity contribution in [2.24, 2.45) is 5.41 Å². The fourth-order valence-electron chi connectivity index (χ4n) is 7.97. The molecule has 2 aromatic carbocycles. The summed E-state index contributed by atoms with van der Waals surface area (Å²) in [5, 5.41) is 19.6. The van der Waals surface area contributed by atoms with Gasteiger partial charge in [-0.1, -0.05) is 49.6 Å². The minimum Gasteiger partial charge on any atom is -0.384 e. The molecular weight excluding hydrogens is 544 g/mol. The largest absolute Gasteiger partial charge is 0.384 e. The molecule has 43 heavy (non-hydrogen) atoms. The zero-order valence-electron chi connectivity index (χ0n) is 24.3. The maximum absolute atomic E-state index is 13.3. The second kappa shape index (κ2) is 10.6. The second-order valence-electron chi connectivity index (χ2n) is 12.7. The molecule has 10 nitrogen and oxygen atoms in total. The van der Waals surface area contributed by atoms with Crippen LogP contribution in [-0.2, 0) is 28.3 Å². The lowest BCUT2D eigenvalue weighted by atomic mass is 9.57. The number of nitrogen functional groups attached to an aromatic ring is 1. The van der Waals surface area contributed by atoms with Crippen molar-refractivity contribution in [3.8, 4) is 5.69 Å². The van der Waals surface area contributed by atoms with Gasteiger partial charge in [-0.25, -0.2) is 4.68 Å². The Labute approximate surface area is 250 Å². The minimum absolute atomic E-state index is 0.195. The molecule has 3 aliphatic heterocycles. The number of amides is 3. The first-order valence-electron chi connectivity index (χ1n) is 15.4. The van der Waals surface area contributed by atoms with Gasteiger partial charge >= 0.3 is 0 Å². The lowest BCUT2D eigenvalue weighted by Crippen LogP contribution is -2.58. The zero-order chi connectivity index (χ0) is 29.8. The van der Waals surface area contributed by atoms with Crippen molar-refractivity contribution in [3.05, 3.63) is 77.0 Å². The number of carbonyl (C=O) groups excluding carboxylic acids is 3. The number of nitrogens with two attached hydrogens (primary N) is 1. The number of anilines is 1. The number of aromatic nitrogens is 2. The topological polar surface area (TPSA) is 134 Å². The monoisotopic (exact) mass is 582 g/mol. The molecule has 0 radical (unpaired) electrons. The maximum Gasteiger partial charge on any atom is 0.255 e. The van der Waals surface area contributed by atoms with Crippen LogP contribution in [0.15, 0.2) is 54.7 Å². The van der Waals surface area contributed by atoms with Crippen LogP contribution in [0.1, 0.15) is 78.4 Å². The Morgan fingerprint density at radius 1 is 1.02 bits per heavy atom. The molecule has 4 aliphatic rings. The van der Waals surface area contributed by atoms with E-state index in [1.54, 1.807) is 9.58 Å². The second-order valence-corrected chi connectivity index (χ2v) is 12.7. The molecule has 3 fully saturated rings. The Hall–Kier alpha value is -4.02. The molecule has 0 bridgehead atoms. The lowest BCUT2D eigenvalue weighted by Gasteiger charge is -2.56. The molecule has 1 saturated carbocycles. The molecule has 4 heterocycles. The number of nitrogens with one attached hydrogen (secondary N) is 1. The predicted molar refractivity (Wildman–Crippen MR) is 160 cm³/mol. The first-order valence-corrected chi connectivity index (χ1v) is 15.4. The third-order valence-corrected chi connectivity index (χ3v) is 10.3. The summed E-state index contributed by atoms with van der Waals surface area (Å²) in [7, 11) is 0. The van der Waals surface area contributed by atoms with Gasteiger partial charge in [0.25, 0.3) is 5.91 Å². The van der Waals surface area contributed by atoms with Crippen LogP contribution in [0.5, 0.6) is 0 Å². The number of aliphatic hydroxyl groups is 1. The predicted octanol–water partition coefficient (Wildman–Crippen LogP) is 3.26. The van der Waals surface area contributed by atoms with E-state index < -0.39 is 17.6 Å². The number of nitrogens with zero attached hydrogens (tertiary/aromatic N) is 4. The van der Waals surface area contributed by atoms with E-state index in [4.69, 9.17) is 5.73 Å². The van der Waals surface area contributed by atoms with Crippen molar-refractivity contribution in [1.29, 1.82) is 0 Å². The molecule has 1 spiro atoms. The van der Waals surface area contributed by atoms with Gasteiger partial charge in [-0.3, -0.25) is 24.6 Å². The highest BCUT2D eigenvalue weighted by Gasteiger charge is 2.55. The fourth-order valence-corrected chi connectivity index (χ4v) is 7.97. The number of fused-ring (bicyclic) bond motifs is 1. The number of likely N-dealkylation sites (tertiary alicyclic amines) is 1. The van der Waals surface area contributed by atoms with Gasteiger partial charge in [0.2, 0.25) is 11.8 Å². The van der Waals surface area contributed by atoms with Gasteiger partial charge in [0.1, 0.15) is 11.9 Å². The first-order chi connectivity index (χ1) is 20.8. The number of carbonyl (C=O) groups is 3. The van der Waals surface area contributed by atoms with Crippen molar-refractivity contribution in [3.63, 3.8) is 0 Å². The molecule has 1 aromatic heterocycles. The Morgan fingerprint density at radius 3 is 2.58 bits per heavy atom. The highest BCUT2D eigenvalue weighted by Crippen LogP contribution is 2.55. The van der Waals surface area contributed by atoms with Gasteiger partial charge in [-0.05, 0) is 55.0 Å². The van der Waals surface area contributed by atoms with E-state index in [-0.39, 0.29) is 23.7 Å². The quantitative estimate of drug-likeness (QED) is 0.393. The summed E-state index contributed by atoms with van der Waals surface area (Å²) in [5.41, 5.74) is 9.35. The van der Waals surface area contributed by atoms with Crippen molar-refractivity contribution in [2.75, 3.05) is 18.8 Å². The summed E-state index contributed by atoms with van der Waals surface area (Å²) in [6, 6.07) is 14.9. The maximum atomic E-state index is 13.3. The van der Waals surface area contributed by atoms with Crippen LogP contribution >= 0.6 is 0 Å². The summed E-state index contributed by atoms with van der Waals surface area (Å²) in [5.74, 6) is -0.279. The molecule has 7 rings (SSSR count). The third-order valence-electron chi connectivity index (χ3n) is 10.3. The van der Waals surface area contributed by atoms with E-state index in [0.717, 1.165) is 61.0 Å². The highest BCUT2D eigenvalue weighted by molar-refractivity contribution is 6.05. The third kappa shape index (κ3) is 4.64. The van der Waals surface area contributed by atoms with Gasteiger partial charge in [-0.15, -0.1) is 0 Å². The van der Waals surface area contributed by atoms with Crippen LogP contribution in [-0.4, -0.2) is 61.5 Å². The number of rotatable bonds is 5. The average Bonchev–Trinajstić information content (AvgIpc) is 3.54. The van der Waals surface area contributed by atoms with Gasteiger partial charge in [0, 0.05) is 49.1 Å². The summed E-state index contributed by atoms with van der Waals surface area (Å²) in [6.45, 7) is 2.41. The molecule has 224 valence electrons. The van der Waals surface area contributed by atoms with Gasteiger partial charge < -0.3 is 15.7 Å². The zero-order valence-corrected chi connectivity index (χ0v) is 24.3. The smallest absolute Gasteiger partial charge is 0.255 e. The minimum atomic E-state index is -1.04. The number of imide groups is 1. The van der Waals surface area contributed by atoms with Crippen LogP contribution in [0.3, 0.4) is 0 Å². The number of hydrogen-bond donors (Lipinski definition) is 3. The van der Waals surface area contributed by atoms with E-state index in [9.17, 15) is 19.5 Å². The van der Waals surface area contributed by atoms with E-state index >= 15 is 0 Å². The molecule has 2 unspecified atom stereocenters. The average molecular weight is 583 g/mol. The van der Waals surface area contributed by atoms with E-state index in [1.165, 1.54) is 0 Å². The molecule has 3 aromatic rings. The Bertz CT molecular complexity index is 1580. The van der Waals surface area contributed by atoms with Crippen LogP contribution in [0, 0.1) is 5.41 Å². The summed E-state index contributed by atoms with van der Waals surface area (Å²) < 4.78 is 1.77.